The van der Waals surface area contributed by atoms with Crippen LogP contribution in [0.5, 0.6) is 5.75 Å². The van der Waals surface area contributed by atoms with Gasteiger partial charge in [-0.3, -0.25) is 0 Å². The number of aromatic nitrogens is 2. The standard InChI is InChI=1S/C19H23N3O.C2HF3O2/c1-5-19(6-1)7-4-14-10-15(2-3-18(14)23-19)21-16-11-17(12-16)22-9-8-20-13-22;3-2(4,5)1(6)7/h2-3,8-10,13,16-17,21H,1,4-7,11-12H2;(H,6,7). The van der Waals surface area contributed by atoms with Gasteiger partial charge in [0.2, 0.25) is 0 Å². The smallest absolute Gasteiger partial charge is 0.487 e. The maximum atomic E-state index is 10.6. The Balaban J connectivity index is 0.000000272. The lowest BCUT2D eigenvalue weighted by molar-refractivity contribution is -0.192. The summed E-state index contributed by atoms with van der Waals surface area (Å²) in [5.74, 6) is -1.64. The number of halogens is 3. The Morgan fingerprint density at radius 3 is 2.57 bits per heavy atom. The van der Waals surface area contributed by atoms with Gasteiger partial charge in [-0.25, -0.2) is 9.78 Å². The van der Waals surface area contributed by atoms with Crippen LogP contribution in [0.3, 0.4) is 0 Å². The Hall–Kier alpha value is -2.71. The van der Waals surface area contributed by atoms with Gasteiger partial charge >= 0.3 is 12.1 Å². The number of rotatable bonds is 3. The minimum absolute atomic E-state index is 0.188. The molecule has 0 saturated heterocycles. The zero-order chi connectivity index (χ0) is 21.4. The number of hydrogen-bond acceptors (Lipinski definition) is 4. The van der Waals surface area contributed by atoms with Crippen molar-refractivity contribution in [1.82, 2.24) is 9.55 Å². The van der Waals surface area contributed by atoms with Crippen LogP contribution in [-0.4, -0.2) is 38.4 Å². The normalized spacial score (nSPS) is 23.7. The van der Waals surface area contributed by atoms with E-state index < -0.39 is 12.1 Å². The van der Waals surface area contributed by atoms with E-state index in [-0.39, 0.29) is 5.60 Å². The fraction of sp³-hybridized carbons (Fsp3) is 0.524. The lowest BCUT2D eigenvalue weighted by Gasteiger charge is -2.45. The number of benzene rings is 1. The molecule has 2 aliphatic carbocycles. The molecule has 2 aromatic rings. The number of hydrogen-bond donors (Lipinski definition) is 2. The summed E-state index contributed by atoms with van der Waals surface area (Å²) in [4.78, 5) is 13.0. The first-order valence-electron chi connectivity index (χ1n) is 10.1. The topological polar surface area (TPSA) is 76.4 Å². The van der Waals surface area contributed by atoms with Crippen LogP contribution in [0.4, 0.5) is 18.9 Å². The van der Waals surface area contributed by atoms with E-state index in [2.05, 4.69) is 39.3 Å². The zero-order valence-corrected chi connectivity index (χ0v) is 16.4. The molecule has 162 valence electrons. The third kappa shape index (κ3) is 4.39. The van der Waals surface area contributed by atoms with Crippen molar-refractivity contribution in [2.45, 2.75) is 68.8 Å². The third-order valence-corrected chi connectivity index (χ3v) is 6.17. The molecule has 2 saturated carbocycles. The van der Waals surface area contributed by atoms with Crippen LogP contribution in [0.15, 0.2) is 36.9 Å². The van der Waals surface area contributed by atoms with Gasteiger partial charge in [0.15, 0.2) is 0 Å². The van der Waals surface area contributed by atoms with Gasteiger partial charge in [0.05, 0.1) is 6.33 Å². The van der Waals surface area contributed by atoms with E-state index in [1.54, 1.807) is 0 Å². The molecule has 2 N–H and O–H groups in total. The van der Waals surface area contributed by atoms with Crippen LogP contribution in [0.2, 0.25) is 0 Å². The molecule has 2 heterocycles. The van der Waals surface area contributed by atoms with E-state index in [0.717, 1.165) is 12.2 Å². The van der Waals surface area contributed by atoms with Gasteiger partial charge in [-0.1, -0.05) is 0 Å². The van der Waals surface area contributed by atoms with E-state index in [9.17, 15) is 13.2 Å². The highest BCUT2D eigenvalue weighted by molar-refractivity contribution is 5.73. The molecule has 1 aromatic heterocycles. The van der Waals surface area contributed by atoms with Gasteiger partial charge in [-0.2, -0.15) is 13.2 Å². The van der Waals surface area contributed by atoms with Gasteiger partial charge in [0, 0.05) is 30.2 Å². The molecule has 2 fully saturated rings. The molecule has 5 rings (SSSR count). The highest BCUT2D eigenvalue weighted by atomic mass is 19.4. The summed E-state index contributed by atoms with van der Waals surface area (Å²) in [6.07, 6.45) is 9.27. The molecule has 1 aromatic carbocycles. The third-order valence-electron chi connectivity index (χ3n) is 6.17. The van der Waals surface area contributed by atoms with Gasteiger partial charge in [0.1, 0.15) is 11.4 Å². The number of nitrogens with zero attached hydrogens (tertiary/aromatic N) is 2. The van der Waals surface area contributed by atoms with Gasteiger partial charge in [0.25, 0.3) is 0 Å². The zero-order valence-electron chi connectivity index (χ0n) is 16.4. The number of alkyl halides is 3. The van der Waals surface area contributed by atoms with E-state index in [4.69, 9.17) is 14.6 Å². The largest absolute Gasteiger partial charge is 0.490 e. The summed E-state index contributed by atoms with van der Waals surface area (Å²) < 4.78 is 40.2. The first kappa shape index (κ1) is 20.6. The van der Waals surface area contributed by atoms with E-state index in [0.29, 0.717) is 12.1 Å². The van der Waals surface area contributed by atoms with Crippen LogP contribution >= 0.6 is 0 Å². The average molecular weight is 423 g/mol. The molecule has 0 bridgehead atoms. The number of carboxylic acids is 1. The minimum Gasteiger partial charge on any atom is -0.487 e. The van der Waals surface area contributed by atoms with Gasteiger partial charge in [-0.15, -0.1) is 0 Å². The summed E-state index contributed by atoms with van der Waals surface area (Å²) >= 11 is 0. The quantitative estimate of drug-likeness (QED) is 0.756. The van der Waals surface area contributed by atoms with Crippen LogP contribution in [0.25, 0.3) is 0 Å². The Kier molecular flexibility index (Phi) is 5.38. The number of fused-ring (bicyclic) bond motifs is 1. The summed E-state index contributed by atoms with van der Waals surface area (Å²) in [6.45, 7) is 0. The van der Waals surface area contributed by atoms with E-state index in [1.807, 2.05) is 12.5 Å². The van der Waals surface area contributed by atoms with Crippen molar-refractivity contribution in [3.8, 4) is 5.75 Å². The van der Waals surface area contributed by atoms with E-state index in [1.165, 1.54) is 49.8 Å². The van der Waals surface area contributed by atoms with Crippen molar-refractivity contribution in [3.63, 3.8) is 0 Å². The second kappa shape index (κ2) is 7.85. The number of nitrogens with one attached hydrogen (secondary N) is 1. The van der Waals surface area contributed by atoms with Crippen LogP contribution < -0.4 is 10.1 Å². The first-order valence-corrected chi connectivity index (χ1v) is 10.1. The van der Waals surface area contributed by atoms with Crippen molar-refractivity contribution >= 4 is 11.7 Å². The molecule has 1 aliphatic heterocycles. The molecular formula is C21H24F3N3O3. The molecule has 0 radical (unpaired) electrons. The molecule has 9 heteroatoms. The first-order chi connectivity index (χ1) is 14.2. The predicted octanol–water partition coefficient (Wildman–Crippen LogP) is 4.58. The number of aliphatic carboxylic acids is 1. The number of carboxylic acid groups (broad SMARTS) is 1. The SMILES string of the molecule is O=C(O)C(F)(F)F.c1cn(C2CC(Nc3ccc4c(c3)CCC3(CCC3)O4)C2)cn1. The van der Waals surface area contributed by atoms with Crippen molar-refractivity contribution in [2.75, 3.05) is 5.32 Å². The number of ether oxygens (including phenoxy) is 1. The fourth-order valence-corrected chi connectivity index (χ4v) is 4.20. The Morgan fingerprint density at radius 1 is 1.27 bits per heavy atom. The van der Waals surface area contributed by atoms with Crippen molar-refractivity contribution in [2.24, 2.45) is 0 Å². The lowest BCUT2D eigenvalue weighted by atomic mass is 9.74. The maximum absolute atomic E-state index is 10.6. The molecule has 30 heavy (non-hydrogen) atoms. The van der Waals surface area contributed by atoms with Crippen LogP contribution in [-0.2, 0) is 11.2 Å². The highest BCUT2D eigenvalue weighted by Gasteiger charge is 2.42. The average Bonchev–Trinajstić information content (AvgIpc) is 3.16. The van der Waals surface area contributed by atoms with Gasteiger partial charge in [-0.05, 0) is 68.7 Å². The van der Waals surface area contributed by atoms with Crippen molar-refractivity contribution < 1.29 is 27.8 Å². The molecule has 1 spiro atoms. The molecule has 0 unspecified atom stereocenters. The van der Waals surface area contributed by atoms with Crippen molar-refractivity contribution in [1.29, 1.82) is 0 Å². The second-order valence-corrected chi connectivity index (χ2v) is 8.24. The highest BCUT2D eigenvalue weighted by Crippen LogP contribution is 2.45. The monoisotopic (exact) mass is 423 g/mol. The van der Waals surface area contributed by atoms with E-state index >= 15 is 0 Å². The van der Waals surface area contributed by atoms with Gasteiger partial charge < -0.3 is 19.7 Å². The number of carbonyl (C=O) groups is 1. The number of imidazole rings is 1. The van der Waals surface area contributed by atoms with Crippen molar-refractivity contribution in [3.05, 3.63) is 42.5 Å². The Bertz CT molecular complexity index is 889. The maximum Gasteiger partial charge on any atom is 0.490 e. The van der Waals surface area contributed by atoms with Crippen LogP contribution in [0, 0.1) is 0 Å². The number of anilines is 1. The Morgan fingerprint density at radius 2 is 2.00 bits per heavy atom. The second-order valence-electron chi connectivity index (χ2n) is 8.24. The fourth-order valence-electron chi connectivity index (χ4n) is 4.20. The summed E-state index contributed by atoms with van der Waals surface area (Å²) in [7, 11) is 0. The Labute approximate surface area is 172 Å². The summed E-state index contributed by atoms with van der Waals surface area (Å²) in [6, 6.07) is 7.83. The molecule has 6 nitrogen and oxygen atoms in total. The summed E-state index contributed by atoms with van der Waals surface area (Å²) in [5.41, 5.74) is 2.80. The predicted molar refractivity (Wildman–Crippen MR) is 104 cm³/mol. The molecule has 0 atom stereocenters. The minimum atomic E-state index is -5.08. The molecule has 3 aliphatic rings. The molecule has 0 amide bonds. The number of aryl methyl sites for hydroxylation is 1. The lowest BCUT2D eigenvalue weighted by Crippen LogP contribution is -2.45. The molecular weight excluding hydrogens is 399 g/mol. The van der Waals surface area contributed by atoms with Crippen LogP contribution in [0.1, 0.15) is 50.1 Å². The summed E-state index contributed by atoms with van der Waals surface area (Å²) in [5, 5.41) is 10.8.